The maximum Gasteiger partial charge on any atom is 0.251 e. The lowest BCUT2D eigenvalue weighted by Gasteiger charge is -2.18. The molecule has 2 rings (SSSR count). The number of ether oxygens (including phenoxy) is 1. The highest BCUT2D eigenvalue weighted by molar-refractivity contribution is 5.94. The molecule has 0 radical (unpaired) electrons. The van der Waals surface area contributed by atoms with Gasteiger partial charge in [-0.1, -0.05) is 18.2 Å². The molecule has 0 heterocycles. The molecule has 0 aliphatic rings. The van der Waals surface area contributed by atoms with Crippen molar-refractivity contribution in [1.82, 2.24) is 5.32 Å². The number of carbonyl (C=O) groups is 1. The lowest BCUT2D eigenvalue weighted by Crippen LogP contribution is -2.27. The molecular weight excluding hydrogens is 281 g/mol. The van der Waals surface area contributed by atoms with Gasteiger partial charge in [-0.05, 0) is 55.7 Å². The van der Waals surface area contributed by atoms with Crippen LogP contribution in [0.25, 0.3) is 0 Å². The van der Waals surface area contributed by atoms with Gasteiger partial charge in [0.25, 0.3) is 5.91 Å². The van der Waals surface area contributed by atoms with Gasteiger partial charge in [0.15, 0.2) is 11.6 Å². The zero-order valence-electron chi connectivity index (χ0n) is 13.2. The molecule has 4 heteroatoms. The third kappa shape index (κ3) is 3.27. The van der Waals surface area contributed by atoms with Crippen LogP contribution < -0.4 is 10.1 Å². The summed E-state index contributed by atoms with van der Waals surface area (Å²) in [5.41, 5.74) is 3.66. The molecule has 1 atom stereocenters. The molecular formula is C18H20FNO2. The SMILES string of the molecule is COc1ccc(C(=O)NC(C)c2cccc(C)c2C)cc1F. The summed E-state index contributed by atoms with van der Waals surface area (Å²) in [4.78, 5) is 12.3. The molecule has 0 spiro atoms. The minimum absolute atomic E-state index is 0.124. The van der Waals surface area contributed by atoms with Crippen LogP contribution in [0.15, 0.2) is 36.4 Å². The first-order chi connectivity index (χ1) is 10.4. The quantitative estimate of drug-likeness (QED) is 0.929. The van der Waals surface area contributed by atoms with Crippen molar-refractivity contribution in [3.8, 4) is 5.75 Å². The van der Waals surface area contributed by atoms with E-state index in [2.05, 4.69) is 5.32 Å². The monoisotopic (exact) mass is 301 g/mol. The molecule has 1 N–H and O–H groups in total. The number of amides is 1. The molecule has 0 saturated heterocycles. The first-order valence-corrected chi connectivity index (χ1v) is 7.14. The fourth-order valence-corrected chi connectivity index (χ4v) is 2.41. The van der Waals surface area contributed by atoms with Crippen LogP contribution in [0.4, 0.5) is 4.39 Å². The Morgan fingerprint density at radius 2 is 1.95 bits per heavy atom. The molecule has 1 unspecified atom stereocenters. The fourth-order valence-electron chi connectivity index (χ4n) is 2.41. The van der Waals surface area contributed by atoms with E-state index in [4.69, 9.17) is 4.74 Å². The average Bonchev–Trinajstić information content (AvgIpc) is 2.49. The van der Waals surface area contributed by atoms with Gasteiger partial charge >= 0.3 is 0 Å². The van der Waals surface area contributed by atoms with Crippen molar-refractivity contribution < 1.29 is 13.9 Å². The Bertz CT molecular complexity index is 697. The van der Waals surface area contributed by atoms with E-state index in [9.17, 15) is 9.18 Å². The number of rotatable bonds is 4. The molecule has 0 aromatic heterocycles. The van der Waals surface area contributed by atoms with Crippen molar-refractivity contribution in [2.24, 2.45) is 0 Å². The van der Waals surface area contributed by atoms with Crippen molar-refractivity contribution in [1.29, 1.82) is 0 Å². The summed E-state index contributed by atoms with van der Waals surface area (Å²) >= 11 is 0. The van der Waals surface area contributed by atoms with Crippen LogP contribution in [0.1, 0.15) is 40.0 Å². The molecule has 116 valence electrons. The molecule has 0 bridgehead atoms. The Kier molecular flexibility index (Phi) is 4.81. The third-order valence-electron chi connectivity index (χ3n) is 3.87. The zero-order chi connectivity index (χ0) is 16.3. The van der Waals surface area contributed by atoms with Crippen LogP contribution in [0.5, 0.6) is 5.75 Å². The van der Waals surface area contributed by atoms with Gasteiger partial charge in [0.05, 0.1) is 13.2 Å². The average molecular weight is 301 g/mol. The molecule has 0 fully saturated rings. The maximum atomic E-state index is 13.7. The van der Waals surface area contributed by atoms with Crippen LogP contribution in [-0.2, 0) is 0 Å². The largest absolute Gasteiger partial charge is 0.494 e. The summed E-state index contributed by atoms with van der Waals surface area (Å²) < 4.78 is 18.5. The summed E-state index contributed by atoms with van der Waals surface area (Å²) in [5.74, 6) is -0.733. The second-order valence-corrected chi connectivity index (χ2v) is 5.33. The predicted octanol–water partition coefficient (Wildman–Crippen LogP) is 3.94. The topological polar surface area (TPSA) is 38.3 Å². The van der Waals surface area contributed by atoms with Gasteiger partial charge in [-0.25, -0.2) is 4.39 Å². The molecule has 0 saturated carbocycles. The van der Waals surface area contributed by atoms with E-state index in [0.29, 0.717) is 0 Å². The van der Waals surface area contributed by atoms with E-state index in [1.807, 2.05) is 39.0 Å². The first kappa shape index (κ1) is 16.0. The van der Waals surface area contributed by atoms with Crippen molar-refractivity contribution in [2.75, 3.05) is 7.11 Å². The Morgan fingerprint density at radius 3 is 2.59 bits per heavy atom. The van der Waals surface area contributed by atoms with Gasteiger partial charge in [0, 0.05) is 5.56 Å². The molecule has 2 aromatic rings. The van der Waals surface area contributed by atoms with Gasteiger partial charge in [0.1, 0.15) is 0 Å². The van der Waals surface area contributed by atoms with Crippen molar-refractivity contribution in [2.45, 2.75) is 26.8 Å². The van der Waals surface area contributed by atoms with E-state index < -0.39 is 5.82 Å². The van der Waals surface area contributed by atoms with E-state index in [1.165, 1.54) is 24.8 Å². The number of nitrogens with one attached hydrogen (secondary N) is 1. The highest BCUT2D eigenvalue weighted by Gasteiger charge is 2.15. The normalized spacial score (nSPS) is 11.9. The van der Waals surface area contributed by atoms with Crippen LogP contribution in [-0.4, -0.2) is 13.0 Å². The number of halogens is 1. The minimum atomic E-state index is -0.547. The lowest BCUT2D eigenvalue weighted by atomic mass is 9.98. The Balaban J connectivity index is 2.18. The first-order valence-electron chi connectivity index (χ1n) is 7.14. The number of carbonyl (C=O) groups excluding carboxylic acids is 1. The van der Waals surface area contributed by atoms with Crippen LogP contribution in [0, 0.1) is 19.7 Å². The highest BCUT2D eigenvalue weighted by Crippen LogP contribution is 2.21. The summed E-state index contributed by atoms with van der Waals surface area (Å²) in [6, 6.07) is 10.0. The van der Waals surface area contributed by atoms with Gasteiger partial charge in [-0.3, -0.25) is 4.79 Å². The van der Waals surface area contributed by atoms with Gasteiger partial charge < -0.3 is 10.1 Å². The van der Waals surface area contributed by atoms with Gasteiger partial charge in [0.2, 0.25) is 0 Å². The molecule has 3 nitrogen and oxygen atoms in total. The molecule has 22 heavy (non-hydrogen) atoms. The third-order valence-corrected chi connectivity index (χ3v) is 3.87. The summed E-state index contributed by atoms with van der Waals surface area (Å²) in [6.45, 7) is 5.98. The van der Waals surface area contributed by atoms with E-state index in [-0.39, 0.29) is 23.3 Å². The molecule has 0 aliphatic carbocycles. The number of hydrogen-bond donors (Lipinski definition) is 1. The van der Waals surface area contributed by atoms with Crippen molar-refractivity contribution >= 4 is 5.91 Å². The van der Waals surface area contributed by atoms with Crippen LogP contribution in [0.3, 0.4) is 0 Å². The molecule has 0 aliphatic heterocycles. The van der Waals surface area contributed by atoms with Crippen LogP contribution >= 0.6 is 0 Å². The zero-order valence-corrected chi connectivity index (χ0v) is 13.2. The molecule has 2 aromatic carbocycles. The van der Waals surface area contributed by atoms with E-state index in [1.54, 1.807) is 6.07 Å². The Hall–Kier alpha value is -2.36. The Labute approximate surface area is 130 Å². The summed E-state index contributed by atoms with van der Waals surface area (Å²) in [5, 5.41) is 2.90. The lowest BCUT2D eigenvalue weighted by molar-refractivity contribution is 0.0939. The number of methoxy groups -OCH3 is 1. The number of aryl methyl sites for hydroxylation is 1. The van der Waals surface area contributed by atoms with Crippen molar-refractivity contribution in [3.05, 3.63) is 64.5 Å². The number of hydrogen-bond acceptors (Lipinski definition) is 2. The minimum Gasteiger partial charge on any atom is -0.494 e. The van der Waals surface area contributed by atoms with Crippen molar-refractivity contribution in [3.63, 3.8) is 0 Å². The second kappa shape index (κ2) is 6.60. The Morgan fingerprint density at radius 1 is 1.23 bits per heavy atom. The van der Waals surface area contributed by atoms with E-state index >= 15 is 0 Å². The van der Waals surface area contributed by atoms with Crippen LogP contribution in [0.2, 0.25) is 0 Å². The fraction of sp³-hybridized carbons (Fsp3) is 0.278. The molecule has 1 amide bonds. The smallest absolute Gasteiger partial charge is 0.251 e. The van der Waals surface area contributed by atoms with E-state index in [0.717, 1.165) is 11.1 Å². The second-order valence-electron chi connectivity index (χ2n) is 5.33. The predicted molar refractivity (Wildman–Crippen MR) is 84.7 cm³/mol. The summed E-state index contributed by atoms with van der Waals surface area (Å²) in [7, 11) is 1.39. The van der Waals surface area contributed by atoms with Gasteiger partial charge in [-0.15, -0.1) is 0 Å². The standard InChI is InChI=1S/C18H20FNO2/c1-11-6-5-7-15(12(11)2)13(3)20-18(21)14-8-9-17(22-4)16(19)10-14/h5-10,13H,1-4H3,(H,20,21). The number of benzene rings is 2. The summed E-state index contributed by atoms with van der Waals surface area (Å²) in [6.07, 6.45) is 0. The van der Waals surface area contributed by atoms with Gasteiger partial charge in [-0.2, -0.15) is 0 Å². The highest BCUT2D eigenvalue weighted by atomic mass is 19.1. The maximum absolute atomic E-state index is 13.7.